The predicted octanol–water partition coefficient (Wildman–Crippen LogP) is 1.97. The maximum absolute atomic E-state index is 11.9. The summed E-state index contributed by atoms with van der Waals surface area (Å²) < 4.78 is 4.56. The number of carbonyl (C=O) groups is 2. The van der Waals surface area contributed by atoms with E-state index in [0.29, 0.717) is 18.0 Å². The van der Waals surface area contributed by atoms with Crippen LogP contribution in [-0.2, 0) is 9.53 Å². The van der Waals surface area contributed by atoms with Crippen LogP contribution in [-0.4, -0.2) is 32.1 Å². The van der Waals surface area contributed by atoms with Gasteiger partial charge in [0.05, 0.1) is 7.11 Å². The zero-order valence-corrected chi connectivity index (χ0v) is 12.4. The molecular formula is C15H22N2O3. The highest BCUT2D eigenvalue weighted by Gasteiger charge is 2.08. The average Bonchev–Trinajstić information content (AvgIpc) is 2.42. The molecule has 0 spiro atoms. The smallest absolute Gasteiger partial charge is 0.325 e. The standard InChI is InChI=1S/C15H22N2O3/c1-10(2)8-17-15(19)12-5-6-13(11(3)7-12)16-9-14(18)20-4/h5-7,10,16H,8-9H2,1-4H3,(H,17,19). The van der Waals surface area contributed by atoms with Crippen molar-refractivity contribution in [3.63, 3.8) is 0 Å². The van der Waals surface area contributed by atoms with Gasteiger partial charge in [0.2, 0.25) is 0 Å². The van der Waals surface area contributed by atoms with Gasteiger partial charge in [-0.3, -0.25) is 9.59 Å². The van der Waals surface area contributed by atoms with Crippen molar-refractivity contribution in [1.82, 2.24) is 5.32 Å². The monoisotopic (exact) mass is 278 g/mol. The van der Waals surface area contributed by atoms with Gasteiger partial charge in [-0.2, -0.15) is 0 Å². The second-order valence-corrected chi connectivity index (χ2v) is 5.06. The Hall–Kier alpha value is -2.04. The fourth-order valence-corrected chi connectivity index (χ4v) is 1.64. The van der Waals surface area contributed by atoms with Gasteiger partial charge in [-0.1, -0.05) is 13.8 Å². The summed E-state index contributed by atoms with van der Waals surface area (Å²) in [4.78, 5) is 23.0. The Morgan fingerprint density at radius 3 is 2.55 bits per heavy atom. The summed E-state index contributed by atoms with van der Waals surface area (Å²) in [6.45, 7) is 6.74. The van der Waals surface area contributed by atoms with Crippen molar-refractivity contribution in [2.75, 3.05) is 25.5 Å². The molecule has 1 aromatic rings. The Labute approximate surface area is 119 Å². The maximum Gasteiger partial charge on any atom is 0.325 e. The van der Waals surface area contributed by atoms with Crippen molar-refractivity contribution >= 4 is 17.6 Å². The molecule has 0 heterocycles. The fourth-order valence-electron chi connectivity index (χ4n) is 1.64. The van der Waals surface area contributed by atoms with Crippen molar-refractivity contribution in [2.45, 2.75) is 20.8 Å². The molecule has 0 saturated carbocycles. The van der Waals surface area contributed by atoms with E-state index in [2.05, 4.69) is 15.4 Å². The van der Waals surface area contributed by atoms with Crippen molar-refractivity contribution in [1.29, 1.82) is 0 Å². The van der Waals surface area contributed by atoms with Crippen LogP contribution >= 0.6 is 0 Å². The van der Waals surface area contributed by atoms with Gasteiger partial charge in [-0.15, -0.1) is 0 Å². The van der Waals surface area contributed by atoms with Gasteiger partial charge in [-0.05, 0) is 36.6 Å². The summed E-state index contributed by atoms with van der Waals surface area (Å²) in [6, 6.07) is 5.33. The number of carbonyl (C=O) groups excluding carboxylic acids is 2. The first-order chi connectivity index (χ1) is 9.43. The predicted molar refractivity (Wildman–Crippen MR) is 78.9 cm³/mol. The van der Waals surface area contributed by atoms with E-state index in [1.807, 2.05) is 20.8 Å². The van der Waals surface area contributed by atoms with Crippen LogP contribution in [0.5, 0.6) is 0 Å². The summed E-state index contributed by atoms with van der Waals surface area (Å²) in [5, 5.41) is 5.84. The lowest BCUT2D eigenvalue weighted by molar-refractivity contribution is -0.138. The zero-order valence-electron chi connectivity index (χ0n) is 12.4. The van der Waals surface area contributed by atoms with Crippen LogP contribution < -0.4 is 10.6 Å². The van der Waals surface area contributed by atoms with E-state index in [1.165, 1.54) is 7.11 Å². The number of hydrogen-bond donors (Lipinski definition) is 2. The molecule has 110 valence electrons. The molecular weight excluding hydrogens is 256 g/mol. The highest BCUT2D eigenvalue weighted by atomic mass is 16.5. The van der Waals surface area contributed by atoms with Crippen molar-refractivity contribution in [3.8, 4) is 0 Å². The number of nitrogens with one attached hydrogen (secondary N) is 2. The number of esters is 1. The second kappa shape index (κ2) is 7.53. The molecule has 0 atom stereocenters. The Morgan fingerprint density at radius 1 is 1.30 bits per heavy atom. The molecule has 0 fully saturated rings. The SMILES string of the molecule is COC(=O)CNc1ccc(C(=O)NCC(C)C)cc1C. The minimum absolute atomic E-state index is 0.0821. The van der Waals surface area contributed by atoms with Gasteiger partial charge in [0.1, 0.15) is 6.54 Å². The molecule has 1 amide bonds. The molecule has 1 rings (SSSR count). The molecule has 0 unspecified atom stereocenters. The largest absolute Gasteiger partial charge is 0.468 e. The highest BCUT2D eigenvalue weighted by molar-refractivity contribution is 5.95. The summed E-state index contributed by atoms with van der Waals surface area (Å²) in [5.74, 6) is 0.00511. The van der Waals surface area contributed by atoms with E-state index < -0.39 is 0 Å². The third-order valence-corrected chi connectivity index (χ3v) is 2.81. The van der Waals surface area contributed by atoms with Gasteiger partial charge in [0.25, 0.3) is 5.91 Å². The molecule has 5 nitrogen and oxygen atoms in total. The molecule has 0 bridgehead atoms. The lowest BCUT2D eigenvalue weighted by Crippen LogP contribution is -2.27. The zero-order chi connectivity index (χ0) is 15.1. The van der Waals surface area contributed by atoms with E-state index in [1.54, 1.807) is 18.2 Å². The van der Waals surface area contributed by atoms with Gasteiger partial charge >= 0.3 is 5.97 Å². The molecule has 0 radical (unpaired) electrons. The van der Waals surface area contributed by atoms with E-state index in [0.717, 1.165) is 11.3 Å². The lowest BCUT2D eigenvalue weighted by Gasteiger charge is -2.11. The maximum atomic E-state index is 11.9. The minimum atomic E-state index is -0.330. The normalized spacial score (nSPS) is 10.2. The van der Waals surface area contributed by atoms with Crippen LogP contribution in [0.1, 0.15) is 29.8 Å². The first-order valence-corrected chi connectivity index (χ1v) is 6.63. The number of anilines is 1. The first kappa shape index (κ1) is 16.0. The number of hydrogen-bond acceptors (Lipinski definition) is 4. The summed E-state index contributed by atoms with van der Waals surface area (Å²) >= 11 is 0. The highest BCUT2D eigenvalue weighted by Crippen LogP contribution is 2.16. The average molecular weight is 278 g/mol. The van der Waals surface area contributed by atoms with Crippen LogP contribution in [0, 0.1) is 12.8 Å². The van der Waals surface area contributed by atoms with Crippen molar-refractivity contribution < 1.29 is 14.3 Å². The van der Waals surface area contributed by atoms with Gasteiger partial charge in [0.15, 0.2) is 0 Å². The number of aryl methyl sites for hydroxylation is 1. The number of benzene rings is 1. The molecule has 5 heteroatoms. The van der Waals surface area contributed by atoms with E-state index in [4.69, 9.17) is 0 Å². The van der Waals surface area contributed by atoms with E-state index >= 15 is 0 Å². The Bertz CT molecular complexity index is 484. The van der Waals surface area contributed by atoms with Gasteiger partial charge in [0, 0.05) is 17.8 Å². The van der Waals surface area contributed by atoms with E-state index in [-0.39, 0.29) is 18.4 Å². The molecule has 0 aromatic heterocycles. The molecule has 0 aliphatic carbocycles. The van der Waals surface area contributed by atoms with Crippen LogP contribution in [0.3, 0.4) is 0 Å². The summed E-state index contributed by atoms with van der Waals surface area (Å²) in [5.41, 5.74) is 2.34. The van der Waals surface area contributed by atoms with Crippen molar-refractivity contribution in [3.05, 3.63) is 29.3 Å². The summed E-state index contributed by atoms with van der Waals surface area (Å²) in [6.07, 6.45) is 0. The first-order valence-electron chi connectivity index (χ1n) is 6.63. The number of ether oxygens (including phenoxy) is 1. The number of methoxy groups -OCH3 is 1. The third-order valence-electron chi connectivity index (χ3n) is 2.81. The van der Waals surface area contributed by atoms with Gasteiger partial charge < -0.3 is 15.4 Å². The molecule has 1 aromatic carbocycles. The Kier molecular flexibility index (Phi) is 6.03. The second-order valence-electron chi connectivity index (χ2n) is 5.06. The number of rotatable bonds is 6. The molecule has 0 saturated heterocycles. The lowest BCUT2D eigenvalue weighted by atomic mass is 10.1. The van der Waals surface area contributed by atoms with Crippen LogP contribution in [0.15, 0.2) is 18.2 Å². The Balaban J connectivity index is 2.67. The minimum Gasteiger partial charge on any atom is -0.468 e. The molecule has 0 aliphatic rings. The molecule has 20 heavy (non-hydrogen) atoms. The summed E-state index contributed by atoms with van der Waals surface area (Å²) in [7, 11) is 1.35. The van der Waals surface area contributed by atoms with Crippen LogP contribution in [0.25, 0.3) is 0 Å². The van der Waals surface area contributed by atoms with Crippen molar-refractivity contribution in [2.24, 2.45) is 5.92 Å². The third kappa shape index (κ3) is 4.91. The van der Waals surface area contributed by atoms with Crippen LogP contribution in [0.2, 0.25) is 0 Å². The molecule has 0 aliphatic heterocycles. The number of amides is 1. The molecule has 2 N–H and O–H groups in total. The van der Waals surface area contributed by atoms with Gasteiger partial charge in [-0.25, -0.2) is 0 Å². The van der Waals surface area contributed by atoms with E-state index in [9.17, 15) is 9.59 Å². The topological polar surface area (TPSA) is 67.4 Å². The Morgan fingerprint density at radius 2 is 2.00 bits per heavy atom. The quantitative estimate of drug-likeness (QED) is 0.781. The van der Waals surface area contributed by atoms with Crippen LogP contribution in [0.4, 0.5) is 5.69 Å². The fraction of sp³-hybridized carbons (Fsp3) is 0.467.